The van der Waals surface area contributed by atoms with Crippen molar-refractivity contribution in [2.45, 2.75) is 24.3 Å². The zero-order valence-electron chi connectivity index (χ0n) is 12.0. The molecule has 0 aliphatic rings. The van der Waals surface area contributed by atoms with Gasteiger partial charge >= 0.3 is 0 Å². The van der Waals surface area contributed by atoms with Crippen molar-refractivity contribution in [2.24, 2.45) is 7.05 Å². The molecule has 1 heterocycles. The first-order valence-electron chi connectivity index (χ1n) is 6.67. The molecular formula is C14H18ClN3O2S. The molecule has 2 aromatic rings. The average Bonchev–Trinajstić information content (AvgIpc) is 2.81. The van der Waals surface area contributed by atoms with Gasteiger partial charge in [-0.2, -0.15) is 0 Å². The third-order valence-corrected chi connectivity index (χ3v) is 5.28. The molecule has 1 aromatic heterocycles. The molecule has 0 saturated heterocycles. The fourth-order valence-corrected chi connectivity index (χ4v) is 3.58. The van der Waals surface area contributed by atoms with Crippen molar-refractivity contribution < 1.29 is 8.42 Å². The summed E-state index contributed by atoms with van der Waals surface area (Å²) in [6, 6.07) is 9.82. The number of nitrogens with one attached hydrogen (secondary N) is 1. The Labute approximate surface area is 130 Å². The number of aromatic nitrogens is 2. The summed E-state index contributed by atoms with van der Waals surface area (Å²) in [5, 5.41) is -0.0233. The number of rotatable bonds is 6. The Morgan fingerprint density at radius 1 is 1.33 bits per heavy atom. The van der Waals surface area contributed by atoms with E-state index in [1.807, 2.05) is 37.3 Å². The van der Waals surface area contributed by atoms with Gasteiger partial charge in [-0.15, -0.1) is 0 Å². The summed E-state index contributed by atoms with van der Waals surface area (Å²) < 4.78 is 28.5. The van der Waals surface area contributed by atoms with E-state index in [-0.39, 0.29) is 16.1 Å². The van der Waals surface area contributed by atoms with Gasteiger partial charge in [0.1, 0.15) is 5.15 Å². The van der Waals surface area contributed by atoms with Crippen molar-refractivity contribution in [1.82, 2.24) is 14.3 Å². The van der Waals surface area contributed by atoms with Crippen LogP contribution in [0.2, 0.25) is 5.15 Å². The molecule has 114 valence electrons. The largest absolute Gasteiger partial charge is 0.324 e. The zero-order chi connectivity index (χ0) is 15.5. The maximum Gasteiger partial charge on any atom is 0.261 e. The van der Waals surface area contributed by atoms with E-state index >= 15 is 0 Å². The molecule has 0 radical (unpaired) electrons. The molecular weight excluding hydrogens is 310 g/mol. The van der Waals surface area contributed by atoms with Gasteiger partial charge in [-0.25, -0.2) is 18.1 Å². The van der Waals surface area contributed by atoms with Crippen molar-refractivity contribution in [1.29, 1.82) is 0 Å². The first-order valence-corrected chi connectivity index (χ1v) is 8.53. The highest BCUT2D eigenvalue weighted by molar-refractivity contribution is 7.89. The third-order valence-electron chi connectivity index (χ3n) is 3.37. The molecule has 1 N–H and O–H groups in total. The molecule has 0 aliphatic carbocycles. The fourth-order valence-electron chi connectivity index (χ4n) is 2.08. The summed E-state index contributed by atoms with van der Waals surface area (Å²) in [5.74, 6) is 0.114. The van der Waals surface area contributed by atoms with Crippen LogP contribution in [0.4, 0.5) is 0 Å². The second-order valence-electron chi connectivity index (χ2n) is 4.82. The lowest BCUT2D eigenvalue weighted by Gasteiger charge is -2.15. The Bertz CT molecular complexity index is 698. The molecule has 1 atom stereocenters. The predicted octanol–water partition coefficient (Wildman–Crippen LogP) is 2.55. The van der Waals surface area contributed by atoms with Crippen LogP contribution in [0.25, 0.3) is 0 Å². The van der Waals surface area contributed by atoms with Crippen LogP contribution in [0.1, 0.15) is 24.8 Å². The Morgan fingerprint density at radius 3 is 2.52 bits per heavy atom. The monoisotopic (exact) mass is 327 g/mol. The van der Waals surface area contributed by atoms with E-state index in [2.05, 4.69) is 9.71 Å². The highest BCUT2D eigenvalue weighted by atomic mass is 35.5. The molecule has 1 aromatic carbocycles. The molecule has 0 bridgehead atoms. The van der Waals surface area contributed by atoms with E-state index in [1.54, 1.807) is 7.05 Å². The molecule has 0 aliphatic heterocycles. The summed E-state index contributed by atoms with van der Waals surface area (Å²) in [4.78, 5) is 3.84. The Hall–Kier alpha value is -1.37. The normalized spacial score (nSPS) is 13.3. The summed E-state index contributed by atoms with van der Waals surface area (Å²) in [7, 11) is -2.05. The number of aryl methyl sites for hydroxylation is 1. The van der Waals surface area contributed by atoms with Gasteiger partial charge in [0, 0.05) is 13.6 Å². The average molecular weight is 328 g/mol. The van der Waals surface area contributed by atoms with Crippen LogP contribution in [-0.2, 0) is 17.1 Å². The second kappa shape index (κ2) is 6.60. The summed E-state index contributed by atoms with van der Waals surface area (Å²) >= 11 is 5.94. The summed E-state index contributed by atoms with van der Waals surface area (Å²) in [5.41, 5.74) is 1.11. The lowest BCUT2D eigenvalue weighted by atomic mass is 9.97. The highest BCUT2D eigenvalue weighted by Gasteiger charge is 2.23. The van der Waals surface area contributed by atoms with E-state index in [4.69, 9.17) is 11.6 Å². The first kappa shape index (κ1) is 16.0. The molecule has 2 rings (SSSR count). The molecule has 7 heteroatoms. The van der Waals surface area contributed by atoms with E-state index in [9.17, 15) is 8.42 Å². The molecule has 21 heavy (non-hydrogen) atoms. The number of benzene rings is 1. The maximum absolute atomic E-state index is 12.2. The standard InChI is InChI=1S/C14H18ClN3O2S/c1-3-11(12-7-5-4-6-8-12)9-17-21(19,20)14-13(15)18(2)10-16-14/h4-8,10-11,17H,3,9H2,1-2H3. The smallest absolute Gasteiger partial charge is 0.261 e. The van der Waals surface area contributed by atoms with Gasteiger partial charge in [0.25, 0.3) is 10.0 Å². The SMILES string of the molecule is CCC(CNS(=O)(=O)c1ncn(C)c1Cl)c1ccccc1. The van der Waals surface area contributed by atoms with Crippen LogP contribution in [-0.4, -0.2) is 24.5 Å². The summed E-state index contributed by atoms with van der Waals surface area (Å²) in [6.45, 7) is 2.34. The number of halogens is 1. The number of nitrogens with zero attached hydrogens (tertiary/aromatic N) is 2. The van der Waals surface area contributed by atoms with Gasteiger partial charge in [0.15, 0.2) is 0 Å². The van der Waals surface area contributed by atoms with Crippen LogP contribution < -0.4 is 4.72 Å². The minimum Gasteiger partial charge on any atom is -0.324 e. The van der Waals surface area contributed by atoms with Crippen molar-refractivity contribution in [2.75, 3.05) is 6.54 Å². The zero-order valence-corrected chi connectivity index (χ0v) is 13.5. The molecule has 0 fully saturated rings. The topological polar surface area (TPSA) is 64.0 Å². The quantitative estimate of drug-likeness (QED) is 0.886. The van der Waals surface area contributed by atoms with Gasteiger partial charge in [0.2, 0.25) is 5.03 Å². The Morgan fingerprint density at radius 2 is 2.00 bits per heavy atom. The van der Waals surface area contributed by atoms with Crippen LogP contribution in [0.5, 0.6) is 0 Å². The molecule has 0 spiro atoms. The predicted molar refractivity (Wildman–Crippen MR) is 82.9 cm³/mol. The van der Waals surface area contributed by atoms with Crippen LogP contribution in [0, 0.1) is 0 Å². The minimum atomic E-state index is -3.70. The van der Waals surface area contributed by atoms with Crippen molar-refractivity contribution in [3.8, 4) is 0 Å². The molecule has 0 amide bonds. The maximum atomic E-state index is 12.2. The van der Waals surface area contributed by atoms with Crippen LogP contribution in [0.3, 0.4) is 0 Å². The van der Waals surface area contributed by atoms with Gasteiger partial charge in [-0.3, -0.25) is 0 Å². The van der Waals surface area contributed by atoms with E-state index < -0.39 is 10.0 Å². The van der Waals surface area contributed by atoms with E-state index in [1.165, 1.54) is 10.9 Å². The second-order valence-corrected chi connectivity index (χ2v) is 6.86. The number of hydrogen-bond acceptors (Lipinski definition) is 3. The molecule has 5 nitrogen and oxygen atoms in total. The first-order chi connectivity index (χ1) is 9.95. The van der Waals surface area contributed by atoms with Crippen LogP contribution >= 0.6 is 11.6 Å². The minimum absolute atomic E-state index is 0.107. The lowest BCUT2D eigenvalue weighted by molar-refractivity contribution is 0.563. The number of sulfonamides is 1. The van der Waals surface area contributed by atoms with E-state index in [0.717, 1.165) is 12.0 Å². The van der Waals surface area contributed by atoms with E-state index in [0.29, 0.717) is 6.54 Å². The van der Waals surface area contributed by atoms with Gasteiger partial charge in [-0.05, 0) is 17.9 Å². The van der Waals surface area contributed by atoms with Crippen LogP contribution in [0.15, 0.2) is 41.7 Å². The Kier molecular flexibility index (Phi) is 5.03. The highest BCUT2D eigenvalue weighted by Crippen LogP contribution is 2.21. The van der Waals surface area contributed by atoms with Gasteiger partial charge in [0.05, 0.1) is 6.33 Å². The van der Waals surface area contributed by atoms with Crippen molar-refractivity contribution in [3.63, 3.8) is 0 Å². The van der Waals surface area contributed by atoms with Crippen molar-refractivity contribution >= 4 is 21.6 Å². The lowest BCUT2D eigenvalue weighted by Crippen LogP contribution is -2.29. The molecule has 0 saturated carbocycles. The fraction of sp³-hybridized carbons (Fsp3) is 0.357. The van der Waals surface area contributed by atoms with Crippen molar-refractivity contribution in [3.05, 3.63) is 47.4 Å². The van der Waals surface area contributed by atoms with Gasteiger partial charge in [-0.1, -0.05) is 48.9 Å². The number of hydrogen-bond donors (Lipinski definition) is 1. The molecule has 1 unspecified atom stereocenters. The summed E-state index contributed by atoms with van der Waals surface area (Å²) in [6.07, 6.45) is 2.22. The van der Waals surface area contributed by atoms with Gasteiger partial charge < -0.3 is 4.57 Å². The third kappa shape index (κ3) is 3.64. The number of imidazole rings is 1. The Balaban J connectivity index is 2.13.